The lowest BCUT2D eigenvalue weighted by Crippen LogP contribution is -2.34. The molecule has 2 atom stereocenters. The zero-order valence-corrected chi connectivity index (χ0v) is 11.7. The zero-order valence-electron chi connectivity index (χ0n) is 10.2. The predicted molar refractivity (Wildman–Crippen MR) is 72.9 cm³/mol. The number of hydrogen-bond acceptors (Lipinski definition) is 3. The van der Waals surface area contributed by atoms with Crippen LogP contribution in [-0.2, 0) is 4.74 Å². The Balaban J connectivity index is 1.98. The van der Waals surface area contributed by atoms with Crippen LogP contribution in [0.5, 0.6) is 0 Å². The minimum Gasteiger partial charge on any atom is -0.377 e. The van der Waals surface area contributed by atoms with Gasteiger partial charge in [-0.2, -0.15) is 0 Å². The lowest BCUT2D eigenvalue weighted by atomic mass is 10.1. The Labute approximate surface area is 115 Å². The SMILES string of the molecule is NCC(NCC1CCCO1)c1ccc(F)cc1Br. The first-order valence-electron chi connectivity index (χ1n) is 6.20. The molecule has 0 amide bonds. The Hall–Kier alpha value is -0.490. The fourth-order valence-electron chi connectivity index (χ4n) is 2.18. The first-order valence-corrected chi connectivity index (χ1v) is 7.00. The third-order valence-corrected chi connectivity index (χ3v) is 3.88. The topological polar surface area (TPSA) is 47.3 Å². The summed E-state index contributed by atoms with van der Waals surface area (Å²) in [4.78, 5) is 0. The van der Waals surface area contributed by atoms with Crippen molar-refractivity contribution in [2.24, 2.45) is 5.73 Å². The molecule has 5 heteroatoms. The molecule has 2 unspecified atom stereocenters. The number of hydrogen-bond donors (Lipinski definition) is 2. The van der Waals surface area contributed by atoms with Crippen molar-refractivity contribution in [1.29, 1.82) is 0 Å². The highest BCUT2D eigenvalue weighted by molar-refractivity contribution is 9.10. The molecule has 1 aliphatic rings. The lowest BCUT2D eigenvalue weighted by Gasteiger charge is -2.20. The van der Waals surface area contributed by atoms with E-state index in [1.165, 1.54) is 12.1 Å². The second-order valence-electron chi connectivity index (χ2n) is 4.50. The van der Waals surface area contributed by atoms with Gasteiger partial charge in [0, 0.05) is 30.2 Å². The second kappa shape index (κ2) is 6.61. The fourth-order valence-corrected chi connectivity index (χ4v) is 2.81. The third-order valence-electron chi connectivity index (χ3n) is 3.19. The summed E-state index contributed by atoms with van der Waals surface area (Å²) in [6, 6.07) is 4.70. The van der Waals surface area contributed by atoms with Gasteiger partial charge in [-0.1, -0.05) is 22.0 Å². The van der Waals surface area contributed by atoms with Crippen molar-refractivity contribution in [2.75, 3.05) is 19.7 Å². The van der Waals surface area contributed by atoms with E-state index in [-0.39, 0.29) is 18.0 Å². The number of rotatable bonds is 5. The summed E-state index contributed by atoms with van der Waals surface area (Å²) < 4.78 is 19.4. The molecule has 0 saturated carbocycles. The number of benzene rings is 1. The van der Waals surface area contributed by atoms with Gasteiger partial charge in [0.2, 0.25) is 0 Å². The average Bonchev–Trinajstić information content (AvgIpc) is 2.85. The molecule has 0 spiro atoms. The van der Waals surface area contributed by atoms with E-state index < -0.39 is 0 Å². The Kier molecular flexibility index (Phi) is 5.12. The molecule has 0 radical (unpaired) electrons. The maximum atomic E-state index is 13.0. The normalized spacial score (nSPS) is 21.2. The van der Waals surface area contributed by atoms with Crippen LogP contribution in [0.1, 0.15) is 24.4 Å². The quantitative estimate of drug-likeness (QED) is 0.876. The number of nitrogens with two attached hydrogens (primary N) is 1. The molecule has 0 aliphatic carbocycles. The van der Waals surface area contributed by atoms with E-state index in [0.29, 0.717) is 6.54 Å². The van der Waals surface area contributed by atoms with Gasteiger partial charge in [0.15, 0.2) is 0 Å². The predicted octanol–water partition coefficient (Wildman–Crippen LogP) is 2.36. The van der Waals surface area contributed by atoms with Crippen molar-refractivity contribution in [2.45, 2.75) is 25.0 Å². The molecule has 0 aromatic heterocycles. The highest BCUT2D eigenvalue weighted by Gasteiger charge is 2.18. The zero-order chi connectivity index (χ0) is 13.0. The summed E-state index contributed by atoms with van der Waals surface area (Å²) in [5, 5.41) is 3.39. The van der Waals surface area contributed by atoms with Gasteiger partial charge in [-0.05, 0) is 30.5 Å². The van der Waals surface area contributed by atoms with Crippen LogP contribution in [0.2, 0.25) is 0 Å². The lowest BCUT2D eigenvalue weighted by molar-refractivity contribution is 0.107. The van der Waals surface area contributed by atoms with E-state index in [0.717, 1.165) is 36.0 Å². The largest absolute Gasteiger partial charge is 0.377 e. The summed E-state index contributed by atoms with van der Waals surface area (Å²) in [7, 11) is 0. The van der Waals surface area contributed by atoms with Crippen LogP contribution in [0.15, 0.2) is 22.7 Å². The molecule has 3 nitrogen and oxygen atoms in total. The highest BCUT2D eigenvalue weighted by Crippen LogP contribution is 2.24. The molecule has 3 N–H and O–H groups in total. The van der Waals surface area contributed by atoms with E-state index in [2.05, 4.69) is 21.2 Å². The van der Waals surface area contributed by atoms with Crippen LogP contribution in [0.3, 0.4) is 0 Å². The Morgan fingerprint density at radius 2 is 2.39 bits per heavy atom. The molecule has 1 fully saturated rings. The third kappa shape index (κ3) is 3.51. The van der Waals surface area contributed by atoms with E-state index in [1.807, 2.05) is 0 Å². The first kappa shape index (κ1) is 13.9. The number of nitrogens with one attached hydrogen (secondary N) is 1. The van der Waals surface area contributed by atoms with E-state index in [1.54, 1.807) is 6.07 Å². The molecule has 1 aromatic rings. The number of halogens is 2. The van der Waals surface area contributed by atoms with Gasteiger partial charge >= 0.3 is 0 Å². The second-order valence-corrected chi connectivity index (χ2v) is 5.35. The summed E-state index contributed by atoms with van der Waals surface area (Å²) in [6.07, 6.45) is 2.49. The average molecular weight is 317 g/mol. The van der Waals surface area contributed by atoms with Crippen LogP contribution in [0.4, 0.5) is 4.39 Å². The molecule has 1 saturated heterocycles. The van der Waals surface area contributed by atoms with Gasteiger partial charge in [-0.25, -0.2) is 4.39 Å². The monoisotopic (exact) mass is 316 g/mol. The standard InChI is InChI=1S/C13H18BrFN2O/c14-12-6-9(15)3-4-11(12)13(7-16)17-8-10-2-1-5-18-10/h3-4,6,10,13,17H,1-2,5,7-8,16H2. The molecular formula is C13H18BrFN2O. The molecule has 18 heavy (non-hydrogen) atoms. The molecule has 1 aliphatic heterocycles. The molecule has 1 aromatic carbocycles. The van der Waals surface area contributed by atoms with Crippen molar-refractivity contribution in [1.82, 2.24) is 5.32 Å². The van der Waals surface area contributed by atoms with Crippen LogP contribution in [-0.4, -0.2) is 25.8 Å². The van der Waals surface area contributed by atoms with Crippen LogP contribution >= 0.6 is 15.9 Å². The first-order chi connectivity index (χ1) is 8.70. The van der Waals surface area contributed by atoms with E-state index in [4.69, 9.17) is 10.5 Å². The molecule has 100 valence electrons. The summed E-state index contributed by atoms with van der Waals surface area (Å²) >= 11 is 3.38. The van der Waals surface area contributed by atoms with Crippen LogP contribution < -0.4 is 11.1 Å². The molecule has 0 bridgehead atoms. The fraction of sp³-hybridized carbons (Fsp3) is 0.538. The van der Waals surface area contributed by atoms with Crippen LogP contribution in [0.25, 0.3) is 0 Å². The van der Waals surface area contributed by atoms with E-state index >= 15 is 0 Å². The van der Waals surface area contributed by atoms with Gasteiger partial charge in [0.1, 0.15) is 5.82 Å². The smallest absolute Gasteiger partial charge is 0.124 e. The molecular weight excluding hydrogens is 299 g/mol. The molecule has 2 rings (SSSR count). The van der Waals surface area contributed by atoms with E-state index in [9.17, 15) is 4.39 Å². The van der Waals surface area contributed by atoms with Crippen molar-refractivity contribution in [3.05, 3.63) is 34.1 Å². The van der Waals surface area contributed by atoms with Crippen molar-refractivity contribution >= 4 is 15.9 Å². The van der Waals surface area contributed by atoms with Gasteiger partial charge in [0.05, 0.1) is 6.10 Å². The number of ether oxygens (including phenoxy) is 1. The van der Waals surface area contributed by atoms with Crippen molar-refractivity contribution < 1.29 is 9.13 Å². The van der Waals surface area contributed by atoms with Crippen LogP contribution in [0, 0.1) is 5.82 Å². The summed E-state index contributed by atoms with van der Waals surface area (Å²) in [6.45, 7) is 2.10. The summed E-state index contributed by atoms with van der Waals surface area (Å²) in [5.74, 6) is -0.250. The van der Waals surface area contributed by atoms with Gasteiger partial charge < -0.3 is 15.8 Å². The van der Waals surface area contributed by atoms with Gasteiger partial charge in [-0.15, -0.1) is 0 Å². The maximum Gasteiger partial charge on any atom is 0.124 e. The maximum absolute atomic E-state index is 13.0. The Morgan fingerprint density at radius 1 is 1.56 bits per heavy atom. The Morgan fingerprint density at radius 3 is 3.00 bits per heavy atom. The molecule has 1 heterocycles. The summed E-state index contributed by atoms with van der Waals surface area (Å²) in [5.41, 5.74) is 6.76. The minimum atomic E-state index is -0.250. The van der Waals surface area contributed by atoms with Crippen molar-refractivity contribution in [3.63, 3.8) is 0 Å². The van der Waals surface area contributed by atoms with Crippen molar-refractivity contribution in [3.8, 4) is 0 Å². The van der Waals surface area contributed by atoms with Gasteiger partial charge in [0.25, 0.3) is 0 Å². The minimum absolute atomic E-state index is 0.0178. The van der Waals surface area contributed by atoms with Gasteiger partial charge in [-0.3, -0.25) is 0 Å². The Bertz CT molecular complexity index is 397. The highest BCUT2D eigenvalue weighted by atomic mass is 79.9.